The third-order valence-corrected chi connectivity index (χ3v) is 2.94. The van der Waals surface area contributed by atoms with Crippen LogP contribution in [0.15, 0.2) is 45.9 Å². The van der Waals surface area contributed by atoms with E-state index in [4.69, 9.17) is 5.11 Å². The Labute approximate surface area is 174 Å². The molecule has 2 aromatic heterocycles. The van der Waals surface area contributed by atoms with Gasteiger partial charge in [0, 0.05) is 39.3 Å². The summed E-state index contributed by atoms with van der Waals surface area (Å²) in [5.74, 6) is 0. The first-order chi connectivity index (χ1) is 9.02. The number of halogens is 3. The van der Waals surface area contributed by atoms with Crippen molar-refractivity contribution in [2.45, 2.75) is 13.0 Å². The standard InChI is InChI=1S/C7H8BrNO.C6H4BrNO.CH3.BrH.Mg/c1-5(10)6-2-7(8)4-9-3-6;7-6-1-5(4-9)2-8-3-6;;;/h2-5,10H,1H3;1-4H;1H3;1H;/q;;-1;;+2/p-1. The Kier molecular flexibility index (Phi) is 18.1. The van der Waals surface area contributed by atoms with E-state index in [0.29, 0.717) is 5.56 Å². The molecule has 1 atom stereocenters. The molecule has 22 heavy (non-hydrogen) atoms. The molecule has 1 N–H and O–H groups in total. The summed E-state index contributed by atoms with van der Waals surface area (Å²) < 4.78 is 1.72. The summed E-state index contributed by atoms with van der Waals surface area (Å²) in [5, 5.41) is 9.09. The maximum Gasteiger partial charge on any atom is 2.00 e. The first kappa shape index (κ1) is 27.0. The fourth-order valence-electron chi connectivity index (χ4n) is 1.15. The third-order valence-electron chi connectivity index (χ3n) is 2.07. The molecule has 0 amide bonds. The van der Waals surface area contributed by atoms with E-state index in [1.54, 1.807) is 31.6 Å². The Morgan fingerprint density at radius 1 is 1.09 bits per heavy atom. The molecule has 0 spiro atoms. The number of carbonyl (C=O) groups excluding carboxylic acids is 1. The van der Waals surface area contributed by atoms with Crippen LogP contribution in [-0.4, -0.2) is 44.4 Å². The zero-order chi connectivity index (χ0) is 14.3. The summed E-state index contributed by atoms with van der Waals surface area (Å²) >= 11 is 6.44. The molecule has 0 saturated heterocycles. The Morgan fingerprint density at radius 2 is 1.59 bits per heavy atom. The Bertz CT molecular complexity index is 557. The second kappa shape index (κ2) is 14.7. The van der Waals surface area contributed by atoms with Crippen LogP contribution in [0.3, 0.4) is 0 Å². The predicted octanol–water partition coefficient (Wildman–Crippen LogP) is 0.627. The van der Waals surface area contributed by atoms with Crippen LogP contribution in [0.5, 0.6) is 0 Å². The number of nitrogens with zero attached hydrogens (tertiary/aromatic N) is 2. The van der Waals surface area contributed by atoms with Gasteiger partial charge in [0.25, 0.3) is 0 Å². The molecule has 116 valence electrons. The molecule has 0 radical (unpaired) electrons. The fraction of sp³-hybridized carbons (Fsp3) is 0.143. The number of aldehydes is 1. The molecule has 0 aliphatic carbocycles. The van der Waals surface area contributed by atoms with Gasteiger partial charge < -0.3 is 29.5 Å². The minimum atomic E-state index is -0.440. The van der Waals surface area contributed by atoms with Gasteiger partial charge in [0.05, 0.1) is 6.10 Å². The van der Waals surface area contributed by atoms with Crippen molar-refractivity contribution in [2.75, 3.05) is 0 Å². The second-order valence-corrected chi connectivity index (χ2v) is 5.50. The normalized spacial score (nSPS) is 9.64. The molecular formula is C14H15Br3MgN2O2. The molecule has 0 fully saturated rings. The molecule has 0 aliphatic heterocycles. The van der Waals surface area contributed by atoms with Gasteiger partial charge in [-0.3, -0.25) is 14.8 Å². The van der Waals surface area contributed by atoms with E-state index in [2.05, 4.69) is 41.8 Å². The van der Waals surface area contributed by atoms with Crippen LogP contribution in [0.1, 0.15) is 28.9 Å². The minimum Gasteiger partial charge on any atom is -1.00 e. The Hall–Kier alpha value is 0.136. The summed E-state index contributed by atoms with van der Waals surface area (Å²) in [5.41, 5.74) is 1.42. The van der Waals surface area contributed by atoms with Crippen LogP contribution in [-0.2, 0) is 0 Å². The molecule has 0 aliphatic rings. The first-order valence-corrected chi connectivity index (χ1v) is 6.95. The fourth-order valence-corrected chi connectivity index (χ4v) is 1.91. The van der Waals surface area contributed by atoms with Crippen molar-refractivity contribution in [3.8, 4) is 0 Å². The van der Waals surface area contributed by atoms with Crippen molar-refractivity contribution in [1.82, 2.24) is 9.97 Å². The molecule has 2 aromatic rings. The van der Waals surface area contributed by atoms with Crippen molar-refractivity contribution in [3.63, 3.8) is 0 Å². The number of hydrogen-bond acceptors (Lipinski definition) is 4. The second-order valence-electron chi connectivity index (χ2n) is 3.67. The van der Waals surface area contributed by atoms with Crippen LogP contribution >= 0.6 is 31.9 Å². The molecule has 0 aromatic carbocycles. The molecule has 1 unspecified atom stereocenters. The van der Waals surface area contributed by atoms with Gasteiger partial charge in [0.15, 0.2) is 6.29 Å². The SMILES string of the molecule is CC(O)c1cncc(Br)c1.O=Cc1cncc(Br)c1.[Br-].[CH3-].[Mg+2]. The van der Waals surface area contributed by atoms with E-state index in [9.17, 15) is 4.79 Å². The van der Waals surface area contributed by atoms with E-state index in [-0.39, 0.29) is 47.5 Å². The van der Waals surface area contributed by atoms with Gasteiger partial charge in [-0.2, -0.15) is 0 Å². The number of rotatable bonds is 2. The first-order valence-electron chi connectivity index (χ1n) is 5.37. The van der Waals surface area contributed by atoms with Gasteiger partial charge in [-0.1, -0.05) is 0 Å². The topological polar surface area (TPSA) is 63.1 Å². The van der Waals surface area contributed by atoms with Crippen molar-refractivity contribution in [3.05, 3.63) is 64.4 Å². The number of pyridine rings is 2. The summed E-state index contributed by atoms with van der Waals surface area (Å²) in [4.78, 5) is 17.8. The van der Waals surface area contributed by atoms with Crippen molar-refractivity contribution >= 4 is 61.2 Å². The summed E-state index contributed by atoms with van der Waals surface area (Å²) in [6.07, 6.45) is 6.80. The number of aliphatic hydroxyl groups is 1. The van der Waals surface area contributed by atoms with Crippen LogP contribution in [0.2, 0.25) is 0 Å². The van der Waals surface area contributed by atoms with Gasteiger partial charge in [0.2, 0.25) is 0 Å². The van der Waals surface area contributed by atoms with Crippen molar-refractivity contribution < 1.29 is 26.9 Å². The molecular weight excluding hydrogens is 492 g/mol. The summed E-state index contributed by atoms with van der Waals surface area (Å²) in [6, 6.07) is 3.55. The van der Waals surface area contributed by atoms with Crippen LogP contribution in [0, 0.1) is 7.43 Å². The molecule has 0 saturated carbocycles. The van der Waals surface area contributed by atoms with Gasteiger partial charge in [-0.05, 0) is 56.5 Å². The zero-order valence-corrected chi connectivity index (χ0v) is 18.4. The van der Waals surface area contributed by atoms with E-state index in [0.717, 1.165) is 20.8 Å². The van der Waals surface area contributed by atoms with Crippen LogP contribution in [0.25, 0.3) is 0 Å². The van der Waals surface area contributed by atoms with Gasteiger partial charge in [0.1, 0.15) is 0 Å². The smallest absolute Gasteiger partial charge is 1.00 e. The Morgan fingerprint density at radius 3 is 1.91 bits per heavy atom. The number of carbonyl (C=O) groups is 1. The van der Waals surface area contributed by atoms with Gasteiger partial charge in [-0.25, -0.2) is 0 Å². The molecule has 2 rings (SSSR count). The molecule has 0 bridgehead atoms. The molecule has 8 heteroatoms. The average molecular weight is 507 g/mol. The number of aromatic nitrogens is 2. The summed E-state index contributed by atoms with van der Waals surface area (Å²) in [7, 11) is 0. The number of aliphatic hydroxyl groups excluding tert-OH is 1. The van der Waals surface area contributed by atoms with Crippen LogP contribution in [0.4, 0.5) is 0 Å². The van der Waals surface area contributed by atoms with E-state index >= 15 is 0 Å². The third kappa shape index (κ3) is 10.8. The quantitative estimate of drug-likeness (QED) is 0.368. The minimum absolute atomic E-state index is 0. The average Bonchev–Trinajstić information content (AvgIpc) is 2.39. The Balaban J connectivity index is -0.000000290. The van der Waals surface area contributed by atoms with Gasteiger partial charge in [-0.15, -0.1) is 0 Å². The maximum atomic E-state index is 10.1. The summed E-state index contributed by atoms with van der Waals surface area (Å²) in [6.45, 7) is 1.71. The number of hydrogen-bond donors (Lipinski definition) is 1. The monoisotopic (exact) mass is 504 g/mol. The largest absolute Gasteiger partial charge is 2.00 e. The molecule has 4 nitrogen and oxygen atoms in total. The predicted molar refractivity (Wildman–Crippen MR) is 92.1 cm³/mol. The van der Waals surface area contributed by atoms with Crippen LogP contribution < -0.4 is 17.0 Å². The van der Waals surface area contributed by atoms with Gasteiger partial charge >= 0.3 is 23.1 Å². The van der Waals surface area contributed by atoms with E-state index in [1.165, 1.54) is 6.20 Å². The van der Waals surface area contributed by atoms with E-state index < -0.39 is 6.10 Å². The van der Waals surface area contributed by atoms with E-state index in [1.807, 2.05) is 6.07 Å². The van der Waals surface area contributed by atoms with Crippen molar-refractivity contribution in [2.24, 2.45) is 0 Å². The zero-order valence-electron chi connectivity index (χ0n) is 12.2. The molecule has 2 heterocycles. The van der Waals surface area contributed by atoms with Crippen molar-refractivity contribution in [1.29, 1.82) is 0 Å². The maximum absolute atomic E-state index is 10.1.